The van der Waals surface area contributed by atoms with E-state index in [1.807, 2.05) is 0 Å². The average molecular weight is 447 g/mol. The quantitative estimate of drug-likeness (QED) is 0.367. The zero-order valence-electron chi connectivity index (χ0n) is 22.1. The molecule has 0 aromatic heterocycles. The first-order valence-electron chi connectivity index (χ1n) is 12.7. The molecule has 0 amide bonds. The Kier molecular flexibility index (Phi) is 5.28. The molecule has 0 N–H and O–H groups in total. The molecule has 3 aromatic rings. The Morgan fingerprint density at radius 3 is 1.79 bits per heavy atom. The fourth-order valence-electron chi connectivity index (χ4n) is 5.90. The Labute approximate surface area is 206 Å². The molecule has 2 unspecified atom stereocenters. The van der Waals surface area contributed by atoms with Crippen LogP contribution in [0.4, 0.5) is 0 Å². The van der Waals surface area contributed by atoms with Crippen LogP contribution in [0.5, 0.6) is 0 Å². The van der Waals surface area contributed by atoms with E-state index >= 15 is 0 Å². The topological polar surface area (TPSA) is 0 Å². The number of hydrogen-bond donors (Lipinski definition) is 0. The summed E-state index contributed by atoms with van der Waals surface area (Å²) in [7, 11) is 0. The van der Waals surface area contributed by atoms with Crippen LogP contribution in [0, 0.1) is 0 Å². The van der Waals surface area contributed by atoms with Gasteiger partial charge in [-0.3, -0.25) is 0 Å². The maximum atomic E-state index is 2.45. The van der Waals surface area contributed by atoms with Crippen molar-refractivity contribution in [3.8, 4) is 11.1 Å². The number of benzene rings is 3. The third-order valence-corrected chi connectivity index (χ3v) is 7.84. The molecule has 2 atom stereocenters. The third kappa shape index (κ3) is 3.78. The first-order valence-corrected chi connectivity index (χ1v) is 12.7. The summed E-state index contributed by atoms with van der Waals surface area (Å²) in [5, 5.41) is 0. The predicted molar refractivity (Wildman–Crippen MR) is 149 cm³/mol. The van der Waals surface area contributed by atoms with E-state index in [0.717, 1.165) is 0 Å². The number of hydrogen-bond acceptors (Lipinski definition) is 0. The van der Waals surface area contributed by atoms with Crippen molar-refractivity contribution in [3.63, 3.8) is 0 Å². The van der Waals surface area contributed by atoms with Gasteiger partial charge in [0.25, 0.3) is 0 Å². The minimum Gasteiger partial charge on any atom is -0.0643 e. The molecule has 0 nitrogen and oxygen atoms in total. The molecule has 0 heteroatoms. The van der Waals surface area contributed by atoms with E-state index in [1.165, 1.54) is 55.7 Å². The Bertz CT molecular complexity index is 1300. The van der Waals surface area contributed by atoms with Gasteiger partial charge in [0.15, 0.2) is 0 Å². The SMILES string of the molecule is CC1=Cc2ccccc2C1C1C(C)=Cc2cccc(-c3cc(C(C)(C)C)cc(C(C)(C)C)c3)c21. The smallest absolute Gasteiger partial charge is 0.0167 e. The second-order valence-corrected chi connectivity index (χ2v) is 12.5. The fourth-order valence-corrected chi connectivity index (χ4v) is 5.90. The van der Waals surface area contributed by atoms with Gasteiger partial charge in [0.2, 0.25) is 0 Å². The molecule has 3 aromatic carbocycles. The van der Waals surface area contributed by atoms with Gasteiger partial charge >= 0.3 is 0 Å². The van der Waals surface area contributed by atoms with Crippen molar-refractivity contribution in [2.24, 2.45) is 0 Å². The molecule has 174 valence electrons. The molecule has 5 rings (SSSR count). The van der Waals surface area contributed by atoms with Crippen molar-refractivity contribution in [1.29, 1.82) is 0 Å². The summed E-state index contributed by atoms with van der Waals surface area (Å²) in [5.41, 5.74) is 14.5. The second-order valence-electron chi connectivity index (χ2n) is 12.5. The predicted octanol–water partition coefficient (Wildman–Crippen LogP) is 9.65. The fraction of sp³-hybridized carbons (Fsp3) is 0.353. The molecule has 0 spiro atoms. The minimum absolute atomic E-state index is 0.102. The highest BCUT2D eigenvalue weighted by atomic mass is 14.4. The summed E-state index contributed by atoms with van der Waals surface area (Å²) in [4.78, 5) is 0. The molecule has 2 aliphatic carbocycles. The van der Waals surface area contributed by atoms with Gasteiger partial charge in [0.05, 0.1) is 0 Å². The van der Waals surface area contributed by atoms with Gasteiger partial charge in [-0.25, -0.2) is 0 Å². The zero-order valence-corrected chi connectivity index (χ0v) is 22.1. The molecule has 0 aliphatic heterocycles. The van der Waals surface area contributed by atoms with E-state index in [-0.39, 0.29) is 10.8 Å². The van der Waals surface area contributed by atoms with Gasteiger partial charge in [0, 0.05) is 11.8 Å². The Morgan fingerprint density at radius 1 is 0.588 bits per heavy atom. The van der Waals surface area contributed by atoms with E-state index in [2.05, 4.69) is 128 Å². The van der Waals surface area contributed by atoms with Gasteiger partial charge in [0.1, 0.15) is 0 Å². The molecule has 34 heavy (non-hydrogen) atoms. The standard InChI is InChI=1S/C34H38/c1-21-16-23-12-9-10-14-28(23)30(21)31-22(2)17-24-13-11-15-29(32(24)31)25-18-26(33(3,4)5)20-27(19-25)34(6,7)8/h9-20,30-31H,1-8H3. The van der Waals surface area contributed by atoms with Crippen LogP contribution < -0.4 is 0 Å². The van der Waals surface area contributed by atoms with Crippen LogP contribution in [0.2, 0.25) is 0 Å². The number of fused-ring (bicyclic) bond motifs is 2. The lowest BCUT2D eigenvalue weighted by molar-refractivity contribution is 0.569. The highest BCUT2D eigenvalue weighted by Gasteiger charge is 2.37. The summed E-state index contributed by atoms with van der Waals surface area (Å²) >= 11 is 0. The lowest BCUT2D eigenvalue weighted by Crippen LogP contribution is -2.17. The van der Waals surface area contributed by atoms with E-state index < -0.39 is 0 Å². The van der Waals surface area contributed by atoms with Crippen molar-refractivity contribution in [2.45, 2.75) is 78.1 Å². The normalized spacial score (nSPS) is 19.5. The first-order chi connectivity index (χ1) is 15.9. The number of allylic oxidation sites excluding steroid dienone is 2. The van der Waals surface area contributed by atoms with Crippen LogP contribution in [0.15, 0.2) is 71.8 Å². The van der Waals surface area contributed by atoms with Crippen molar-refractivity contribution >= 4 is 12.2 Å². The molecule has 0 fully saturated rings. The maximum Gasteiger partial charge on any atom is 0.0167 e. The van der Waals surface area contributed by atoms with Crippen LogP contribution in [-0.4, -0.2) is 0 Å². The Balaban J connectivity index is 1.72. The zero-order chi connectivity index (χ0) is 24.4. The maximum absolute atomic E-state index is 2.45. The summed E-state index contributed by atoms with van der Waals surface area (Å²) in [6, 6.07) is 23.2. The lowest BCUT2D eigenvalue weighted by Gasteiger charge is -2.29. The van der Waals surface area contributed by atoms with Crippen LogP contribution in [0.3, 0.4) is 0 Å². The first kappa shape index (κ1) is 22.9. The van der Waals surface area contributed by atoms with Gasteiger partial charge < -0.3 is 0 Å². The van der Waals surface area contributed by atoms with E-state index in [9.17, 15) is 0 Å². The molecule has 0 bridgehead atoms. The van der Waals surface area contributed by atoms with Gasteiger partial charge in [-0.05, 0) is 69.2 Å². The highest BCUT2D eigenvalue weighted by molar-refractivity contribution is 5.82. The lowest BCUT2D eigenvalue weighted by atomic mass is 9.74. The second kappa shape index (κ2) is 7.84. The molecule has 0 saturated carbocycles. The van der Waals surface area contributed by atoms with E-state index in [1.54, 1.807) is 0 Å². The largest absolute Gasteiger partial charge is 0.0643 e. The monoisotopic (exact) mass is 446 g/mol. The van der Waals surface area contributed by atoms with E-state index in [4.69, 9.17) is 0 Å². The van der Waals surface area contributed by atoms with Gasteiger partial charge in [-0.1, -0.05) is 126 Å². The molecule has 0 radical (unpaired) electrons. The van der Waals surface area contributed by atoms with Crippen molar-refractivity contribution in [3.05, 3.63) is 105 Å². The van der Waals surface area contributed by atoms with Crippen LogP contribution in [0.1, 0.15) is 101 Å². The summed E-state index contributed by atoms with van der Waals surface area (Å²) in [6.45, 7) is 18.6. The van der Waals surface area contributed by atoms with Crippen LogP contribution in [0.25, 0.3) is 23.3 Å². The average Bonchev–Trinajstić information content (AvgIpc) is 3.26. The van der Waals surface area contributed by atoms with Crippen molar-refractivity contribution in [1.82, 2.24) is 0 Å². The summed E-state index contributed by atoms with van der Waals surface area (Å²) in [5.74, 6) is 0.783. The van der Waals surface area contributed by atoms with Crippen molar-refractivity contribution in [2.75, 3.05) is 0 Å². The van der Waals surface area contributed by atoms with Gasteiger partial charge in [-0.2, -0.15) is 0 Å². The van der Waals surface area contributed by atoms with E-state index in [0.29, 0.717) is 11.8 Å². The summed E-state index contributed by atoms with van der Waals surface area (Å²) < 4.78 is 0. The van der Waals surface area contributed by atoms with Gasteiger partial charge in [-0.15, -0.1) is 0 Å². The summed E-state index contributed by atoms with van der Waals surface area (Å²) in [6.07, 6.45) is 4.82. The molecular formula is C34H38. The molecular weight excluding hydrogens is 408 g/mol. The molecule has 0 heterocycles. The number of rotatable bonds is 2. The van der Waals surface area contributed by atoms with Crippen LogP contribution in [-0.2, 0) is 10.8 Å². The Hall–Kier alpha value is -2.86. The minimum atomic E-state index is 0.102. The third-order valence-electron chi connectivity index (χ3n) is 7.84. The van der Waals surface area contributed by atoms with Crippen molar-refractivity contribution < 1.29 is 0 Å². The molecule has 0 saturated heterocycles. The highest BCUT2D eigenvalue weighted by Crippen LogP contribution is 2.54. The van der Waals surface area contributed by atoms with Crippen LogP contribution >= 0.6 is 0 Å². The molecule has 2 aliphatic rings. The Morgan fingerprint density at radius 2 is 1.15 bits per heavy atom.